The van der Waals surface area contributed by atoms with Gasteiger partial charge in [-0.3, -0.25) is 4.79 Å². The van der Waals surface area contributed by atoms with Gasteiger partial charge in [0.25, 0.3) is 0 Å². The average molecular weight is 300 g/mol. The SMILES string of the molecule is Nc1nccnc1SCC(=O)N1CCc2ccccc2C1. The molecule has 21 heavy (non-hydrogen) atoms. The molecule has 1 aromatic heterocycles. The standard InChI is InChI=1S/C15H16N4OS/c16-14-15(18-7-6-17-14)21-10-13(20)19-8-5-11-3-1-2-4-12(11)9-19/h1-4,6-7H,5,8-10H2,(H2,16,17). The van der Waals surface area contributed by atoms with Gasteiger partial charge in [0.2, 0.25) is 5.91 Å². The number of carbonyl (C=O) groups is 1. The fraction of sp³-hybridized carbons (Fsp3) is 0.267. The van der Waals surface area contributed by atoms with Crippen LogP contribution in [-0.2, 0) is 17.8 Å². The lowest BCUT2D eigenvalue weighted by Crippen LogP contribution is -2.37. The summed E-state index contributed by atoms with van der Waals surface area (Å²) in [5, 5.41) is 0.614. The van der Waals surface area contributed by atoms with Crippen LogP contribution in [0.4, 0.5) is 5.82 Å². The van der Waals surface area contributed by atoms with Crippen LogP contribution in [-0.4, -0.2) is 33.1 Å². The lowest BCUT2D eigenvalue weighted by atomic mass is 10.00. The largest absolute Gasteiger partial charge is 0.381 e. The topological polar surface area (TPSA) is 72.1 Å². The van der Waals surface area contributed by atoms with E-state index in [0.29, 0.717) is 23.1 Å². The number of amides is 1. The van der Waals surface area contributed by atoms with Gasteiger partial charge in [-0.05, 0) is 17.5 Å². The van der Waals surface area contributed by atoms with E-state index in [1.807, 2.05) is 17.0 Å². The fourth-order valence-corrected chi connectivity index (χ4v) is 3.16. The van der Waals surface area contributed by atoms with Crippen LogP contribution in [0.15, 0.2) is 41.7 Å². The van der Waals surface area contributed by atoms with Crippen molar-refractivity contribution in [2.45, 2.75) is 18.0 Å². The number of nitrogen functional groups attached to an aromatic ring is 1. The summed E-state index contributed by atoms with van der Waals surface area (Å²) in [6.07, 6.45) is 4.04. The third-order valence-corrected chi connectivity index (χ3v) is 4.49. The highest BCUT2D eigenvalue weighted by Crippen LogP contribution is 2.22. The number of fused-ring (bicyclic) bond motifs is 1. The molecule has 108 valence electrons. The Labute approximate surface area is 127 Å². The van der Waals surface area contributed by atoms with Gasteiger partial charge in [-0.2, -0.15) is 0 Å². The first-order chi connectivity index (χ1) is 10.2. The van der Waals surface area contributed by atoms with E-state index in [0.717, 1.165) is 13.0 Å². The van der Waals surface area contributed by atoms with Gasteiger partial charge in [0.05, 0.1) is 5.75 Å². The zero-order chi connectivity index (χ0) is 14.7. The predicted molar refractivity (Wildman–Crippen MR) is 82.7 cm³/mol. The van der Waals surface area contributed by atoms with E-state index in [1.165, 1.54) is 22.9 Å². The zero-order valence-electron chi connectivity index (χ0n) is 11.5. The maximum atomic E-state index is 12.3. The van der Waals surface area contributed by atoms with Gasteiger partial charge in [-0.15, -0.1) is 0 Å². The molecule has 6 heteroatoms. The maximum Gasteiger partial charge on any atom is 0.233 e. The highest BCUT2D eigenvalue weighted by Gasteiger charge is 2.20. The molecule has 1 amide bonds. The highest BCUT2D eigenvalue weighted by molar-refractivity contribution is 8.00. The molecule has 2 aromatic rings. The summed E-state index contributed by atoms with van der Waals surface area (Å²) >= 11 is 1.34. The number of thioether (sulfide) groups is 1. The van der Waals surface area contributed by atoms with Crippen LogP contribution in [0.2, 0.25) is 0 Å². The summed E-state index contributed by atoms with van der Waals surface area (Å²) in [6.45, 7) is 1.46. The third-order valence-electron chi connectivity index (χ3n) is 3.51. The molecule has 1 aliphatic rings. The lowest BCUT2D eigenvalue weighted by molar-refractivity contribution is -0.129. The summed E-state index contributed by atoms with van der Waals surface area (Å²) in [5.41, 5.74) is 8.31. The number of benzene rings is 1. The van der Waals surface area contributed by atoms with E-state index < -0.39 is 0 Å². The maximum absolute atomic E-state index is 12.3. The third kappa shape index (κ3) is 3.16. The van der Waals surface area contributed by atoms with E-state index in [4.69, 9.17) is 5.73 Å². The van der Waals surface area contributed by atoms with Gasteiger partial charge >= 0.3 is 0 Å². The van der Waals surface area contributed by atoms with Crippen LogP contribution in [0.3, 0.4) is 0 Å². The van der Waals surface area contributed by atoms with Crippen LogP contribution >= 0.6 is 11.8 Å². The van der Waals surface area contributed by atoms with Crippen LogP contribution < -0.4 is 5.73 Å². The van der Waals surface area contributed by atoms with E-state index >= 15 is 0 Å². The van der Waals surface area contributed by atoms with Gasteiger partial charge in [-0.1, -0.05) is 36.0 Å². The normalized spacial score (nSPS) is 13.8. The molecule has 0 saturated carbocycles. The molecule has 0 aliphatic carbocycles. The number of nitrogens with zero attached hydrogens (tertiary/aromatic N) is 3. The lowest BCUT2D eigenvalue weighted by Gasteiger charge is -2.28. The van der Waals surface area contributed by atoms with Gasteiger partial charge < -0.3 is 10.6 Å². The predicted octanol–water partition coefficient (Wildman–Crippen LogP) is 1.74. The van der Waals surface area contributed by atoms with Gasteiger partial charge in [0, 0.05) is 25.5 Å². The van der Waals surface area contributed by atoms with E-state index in [2.05, 4.69) is 22.1 Å². The second kappa shape index (κ2) is 6.13. The average Bonchev–Trinajstić information content (AvgIpc) is 2.53. The van der Waals surface area contributed by atoms with Crippen molar-refractivity contribution in [2.75, 3.05) is 18.0 Å². The number of hydrogen-bond acceptors (Lipinski definition) is 5. The van der Waals surface area contributed by atoms with Crippen LogP contribution in [0, 0.1) is 0 Å². The summed E-state index contributed by atoms with van der Waals surface area (Å²) in [5.74, 6) is 0.823. The first-order valence-corrected chi connectivity index (χ1v) is 7.76. The van der Waals surface area contributed by atoms with E-state index in [9.17, 15) is 4.79 Å². The van der Waals surface area contributed by atoms with Crippen molar-refractivity contribution >= 4 is 23.5 Å². The molecule has 1 aromatic carbocycles. The molecule has 0 radical (unpaired) electrons. The number of hydrogen-bond donors (Lipinski definition) is 1. The van der Waals surface area contributed by atoms with Crippen LogP contribution in [0.1, 0.15) is 11.1 Å². The summed E-state index contributed by atoms with van der Waals surface area (Å²) in [6, 6.07) is 8.28. The Hall–Kier alpha value is -2.08. The molecule has 0 fully saturated rings. The number of carbonyl (C=O) groups excluding carboxylic acids is 1. The second-order valence-corrected chi connectivity index (χ2v) is 5.83. The summed E-state index contributed by atoms with van der Waals surface area (Å²) in [4.78, 5) is 22.3. The van der Waals surface area contributed by atoms with Crippen molar-refractivity contribution in [3.05, 3.63) is 47.8 Å². The molecule has 0 spiro atoms. The smallest absolute Gasteiger partial charge is 0.233 e. The van der Waals surface area contributed by atoms with Crippen molar-refractivity contribution < 1.29 is 4.79 Å². The van der Waals surface area contributed by atoms with E-state index in [-0.39, 0.29) is 5.91 Å². The Morgan fingerprint density at radius 2 is 2.00 bits per heavy atom. The van der Waals surface area contributed by atoms with Crippen molar-refractivity contribution in [1.29, 1.82) is 0 Å². The van der Waals surface area contributed by atoms with Gasteiger partial charge in [0.15, 0.2) is 5.82 Å². The van der Waals surface area contributed by atoms with Crippen molar-refractivity contribution in [1.82, 2.24) is 14.9 Å². The number of anilines is 1. The Bertz CT molecular complexity index is 662. The number of aromatic nitrogens is 2. The zero-order valence-corrected chi connectivity index (χ0v) is 12.3. The molecule has 2 N–H and O–H groups in total. The van der Waals surface area contributed by atoms with Crippen LogP contribution in [0.25, 0.3) is 0 Å². The first kappa shape index (κ1) is 13.9. The number of rotatable bonds is 3. The molecule has 1 aliphatic heterocycles. The molecule has 0 unspecified atom stereocenters. The minimum Gasteiger partial charge on any atom is -0.381 e. The molecule has 0 atom stereocenters. The first-order valence-electron chi connectivity index (χ1n) is 6.78. The Morgan fingerprint density at radius 1 is 1.24 bits per heavy atom. The monoisotopic (exact) mass is 300 g/mol. The Balaban J connectivity index is 1.61. The second-order valence-electron chi connectivity index (χ2n) is 4.87. The fourth-order valence-electron chi connectivity index (χ4n) is 2.38. The number of nitrogens with two attached hydrogens (primary N) is 1. The molecule has 5 nitrogen and oxygen atoms in total. The van der Waals surface area contributed by atoms with Gasteiger partial charge in [0.1, 0.15) is 5.03 Å². The van der Waals surface area contributed by atoms with Crippen molar-refractivity contribution in [3.8, 4) is 0 Å². The molecular weight excluding hydrogens is 284 g/mol. The molecule has 0 saturated heterocycles. The molecule has 3 rings (SSSR count). The van der Waals surface area contributed by atoms with E-state index in [1.54, 1.807) is 12.4 Å². The highest BCUT2D eigenvalue weighted by atomic mass is 32.2. The Morgan fingerprint density at radius 3 is 2.81 bits per heavy atom. The minimum absolute atomic E-state index is 0.111. The van der Waals surface area contributed by atoms with Crippen molar-refractivity contribution in [2.24, 2.45) is 0 Å². The minimum atomic E-state index is 0.111. The van der Waals surface area contributed by atoms with Crippen molar-refractivity contribution in [3.63, 3.8) is 0 Å². The molecular formula is C15H16N4OS. The molecule has 0 bridgehead atoms. The molecule has 2 heterocycles. The van der Waals surface area contributed by atoms with Crippen LogP contribution in [0.5, 0.6) is 0 Å². The quantitative estimate of drug-likeness (QED) is 0.874. The summed E-state index contributed by atoms with van der Waals surface area (Å²) in [7, 11) is 0. The summed E-state index contributed by atoms with van der Waals surface area (Å²) < 4.78 is 0. The van der Waals surface area contributed by atoms with Gasteiger partial charge in [-0.25, -0.2) is 9.97 Å². The Kier molecular flexibility index (Phi) is 4.06.